The molecule has 1 N–H and O–H groups in total. The first-order valence-electron chi connectivity index (χ1n) is 6.75. The van der Waals surface area contributed by atoms with Crippen molar-refractivity contribution in [3.63, 3.8) is 0 Å². The third-order valence-corrected chi connectivity index (χ3v) is 3.96. The molecule has 3 nitrogen and oxygen atoms in total. The molecular weight excluding hydrogens is 321 g/mol. The van der Waals surface area contributed by atoms with Gasteiger partial charge in [0.2, 0.25) is 0 Å². The Labute approximate surface area is 140 Å². The molecule has 0 aliphatic carbocycles. The summed E-state index contributed by atoms with van der Waals surface area (Å²) in [6.45, 7) is 3.85. The Balaban J connectivity index is 2.21. The average Bonchev–Trinajstić information content (AvgIpc) is 2.46. The highest BCUT2D eigenvalue weighted by atomic mass is 35.5. The van der Waals surface area contributed by atoms with Gasteiger partial charge in [0.05, 0.1) is 23.2 Å². The first kappa shape index (κ1) is 16.7. The molecule has 116 valence electrons. The van der Waals surface area contributed by atoms with Crippen LogP contribution in [0, 0.1) is 0 Å². The van der Waals surface area contributed by atoms with Gasteiger partial charge in [0.15, 0.2) is 0 Å². The number of amides is 1. The van der Waals surface area contributed by atoms with Crippen molar-refractivity contribution >= 4 is 29.1 Å². The van der Waals surface area contributed by atoms with E-state index in [1.54, 1.807) is 25.3 Å². The molecular formula is C17H17Cl2NO2. The van der Waals surface area contributed by atoms with Gasteiger partial charge < -0.3 is 10.1 Å². The molecule has 0 saturated heterocycles. The number of carbonyl (C=O) groups is 1. The second kappa shape index (κ2) is 6.59. The van der Waals surface area contributed by atoms with E-state index in [9.17, 15) is 4.79 Å². The molecule has 0 radical (unpaired) electrons. The number of hydrogen-bond acceptors (Lipinski definition) is 2. The molecule has 0 bridgehead atoms. The van der Waals surface area contributed by atoms with Gasteiger partial charge in [0.25, 0.3) is 5.91 Å². The maximum absolute atomic E-state index is 12.4. The monoisotopic (exact) mass is 337 g/mol. The number of nitrogens with one attached hydrogen (secondary N) is 1. The Bertz CT molecular complexity index is 682. The van der Waals surface area contributed by atoms with E-state index >= 15 is 0 Å². The number of benzene rings is 2. The summed E-state index contributed by atoms with van der Waals surface area (Å²) in [6.07, 6.45) is 0. The molecule has 22 heavy (non-hydrogen) atoms. The Morgan fingerprint density at radius 3 is 2.27 bits per heavy atom. The summed E-state index contributed by atoms with van der Waals surface area (Å²) in [5.41, 5.74) is 0.811. The zero-order chi connectivity index (χ0) is 16.3. The predicted molar refractivity (Wildman–Crippen MR) is 89.9 cm³/mol. The van der Waals surface area contributed by atoms with Crippen molar-refractivity contribution in [1.29, 1.82) is 0 Å². The van der Waals surface area contributed by atoms with Crippen LogP contribution in [0.4, 0.5) is 0 Å². The fourth-order valence-electron chi connectivity index (χ4n) is 2.10. The van der Waals surface area contributed by atoms with Crippen molar-refractivity contribution in [2.45, 2.75) is 19.4 Å². The number of halogens is 2. The standard InChI is InChI=1S/C17H17Cl2NO2/c1-17(2,11-4-7-13(22-3)8-5-11)20-16(21)14-9-6-12(18)10-15(14)19/h4-10H,1-3H3,(H,20,21). The van der Waals surface area contributed by atoms with Gasteiger partial charge in [-0.15, -0.1) is 0 Å². The minimum absolute atomic E-state index is 0.248. The predicted octanol–water partition coefficient (Wildman–Crippen LogP) is 4.67. The SMILES string of the molecule is COc1ccc(C(C)(C)NC(=O)c2ccc(Cl)cc2Cl)cc1. The average molecular weight is 338 g/mol. The molecule has 0 unspecified atom stereocenters. The first-order chi connectivity index (χ1) is 10.3. The molecule has 0 aliphatic heterocycles. The molecule has 2 rings (SSSR count). The molecule has 5 heteroatoms. The van der Waals surface area contributed by atoms with Crippen molar-refractivity contribution in [3.8, 4) is 5.75 Å². The van der Waals surface area contributed by atoms with E-state index in [1.165, 1.54) is 0 Å². The van der Waals surface area contributed by atoms with Crippen molar-refractivity contribution in [2.75, 3.05) is 7.11 Å². The normalized spacial score (nSPS) is 11.1. The fraction of sp³-hybridized carbons (Fsp3) is 0.235. The van der Waals surface area contributed by atoms with Gasteiger partial charge in [-0.1, -0.05) is 35.3 Å². The maximum atomic E-state index is 12.4. The highest BCUT2D eigenvalue weighted by Gasteiger charge is 2.24. The summed E-state index contributed by atoms with van der Waals surface area (Å²) < 4.78 is 5.14. The summed E-state index contributed by atoms with van der Waals surface area (Å²) in [5.74, 6) is 0.522. The zero-order valence-corrected chi connectivity index (χ0v) is 14.1. The molecule has 0 aliphatic rings. The van der Waals surface area contributed by atoms with Crippen LogP contribution in [0.5, 0.6) is 5.75 Å². The van der Waals surface area contributed by atoms with E-state index < -0.39 is 5.54 Å². The van der Waals surface area contributed by atoms with Crippen molar-refractivity contribution in [3.05, 3.63) is 63.6 Å². The number of carbonyl (C=O) groups excluding carboxylic acids is 1. The maximum Gasteiger partial charge on any atom is 0.253 e. The van der Waals surface area contributed by atoms with E-state index in [-0.39, 0.29) is 5.91 Å². The third kappa shape index (κ3) is 3.73. The zero-order valence-electron chi connectivity index (χ0n) is 12.6. The van der Waals surface area contributed by atoms with Crippen molar-refractivity contribution in [2.24, 2.45) is 0 Å². The van der Waals surface area contributed by atoms with Crippen LogP contribution < -0.4 is 10.1 Å². The van der Waals surface area contributed by atoms with Gasteiger partial charge in [-0.2, -0.15) is 0 Å². The summed E-state index contributed by atoms with van der Waals surface area (Å²) in [4.78, 5) is 12.4. The molecule has 0 fully saturated rings. The number of hydrogen-bond donors (Lipinski definition) is 1. The van der Waals surface area contributed by atoms with Crippen LogP contribution in [0.25, 0.3) is 0 Å². The largest absolute Gasteiger partial charge is 0.497 e. The lowest BCUT2D eigenvalue weighted by molar-refractivity contribution is 0.0912. The molecule has 0 atom stereocenters. The first-order valence-corrected chi connectivity index (χ1v) is 7.51. The molecule has 0 heterocycles. The van der Waals surface area contributed by atoms with E-state index in [4.69, 9.17) is 27.9 Å². The van der Waals surface area contributed by atoms with Crippen LogP contribution in [0.3, 0.4) is 0 Å². The minimum Gasteiger partial charge on any atom is -0.497 e. The number of rotatable bonds is 4. The molecule has 2 aromatic rings. The summed E-state index contributed by atoms with van der Waals surface area (Å²) in [6, 6.07) is 12.4. The summed E-state index contributed by atoms with van der Waals surface area (Å²) >= 11 is 11.9. The van der Waals surface area contributed by atoms with Gasteiger partial charge in [0, 0.05) is 5.02 Å². The minimum atomic E-state index is -0.549. The Morgan fingerprint density at radius 1 is 1.09 bits per heavy atom. The van der Waals surface area contributed by atoms with Crippen LogP contribution in [-0.4, -0.2) is 13.0 Å². The van der Waals surface area contributed by atoms with Gasteiger partial charge in [-0.25, -0.2) is 0 Å². The Morgan fingerprint density at radius 2 is 1.73 bits per heavy atom. The molecule has 2 aromatic carbocycles. The number of ether oxygens (including phenoxy) is 1. The molecule has 1 amide bonds. The van der Waals surface area contributed by atoms with Crippen LogP contribution in [0.1, 0.15) is 29.8 Å². The third-order valence-electron chi connectivity index (χ3n) is 3.41. The smallest absolute Gasteiger partial charge is 0.253 e. The van der Waals surface area contributed by atoms with Crippen LogP contribution in [0.2, 0.25) is 10.0 Å². The molecule has 0 saturated carbocycles. The van der Waals surface area contributed by atoms with Crippen molar-refractivity contribution in [1.82, 2.24) is 5.32 Å². The summed E-state index contributed by atoms with van der Waals surface area (Å²) in [5, 5.41) is 3.80. The lowest BCUT2D eigenvalue weighted by Crippen LogP contribution is -2.41. The highest BCUT2D eigenvalue weighted by molar-refractivity contribution is 6.36. The lowest BCUT2D eigenvalue weighted by atomic mass is 9.93. The quantitative estimate of drug-likeness (QED) is 0.880. The van der Waals surface area contributed by atoms with Gasteiger partial charge >= 0.3 is 0 Å². The highest BCUT2D eigenvalue weighted by Crippen LogP contribution is 2.25. The lowest BCUT2D eigenvalue weighted by Gasteiger charge is -2.27. The van der Waals surface area contributed by atoms with Gasteiger partial charge in [0.1, 0.15) is 5.75 Å². The van der Waals surface area contributed by atoms with E-state index in [0.717, 1.165) is 11.3 Å². The van der Waals surface area contributed by atoms with E-state index in [1.807, 2.05) is 38.1 Å². The van der Waals surface area contributed by atoms with E-state index in [0.29, 0.717) is 15.6 Å². The van der Waals surface area contributed by atoms with E-state index in [2.05, 4.69) is 5.32 Å². The van der Waals surface area contributed by atoms with Crippen LogP contribution >= 0.6 is 23.2 Å². The van der Waals surface area contributed by atoms with Gasteiger partial charge in [-0.05, 0) is 49.7 Å². The Hall–Kier alpha value is -1.71. The van der Waals surface area contributed by atoms with Gasteiger partial charge in [-0.3, -0.25) is 4.79 Å². The van der Waals surface area contributed by atoms with Crippen molar-refractivity contribution < 1.29 is 9.53 Å². The fourth-order valence-corrected chi connectivity index (χ4v) is 2.60. The Kier molecular flexibility index (Phi) is 4.99. The number of methoxy groups -OCH3 is 1. The topological polar surface area (TPSA) is 38.3 Å². The molecule has 0 aromatic heterocycles. The second-order valence-corrected chi connectivity index (χ2v) is 6.28. The summed E-state index contributed by atoms with van der Waals surface area (Å²) in [7, 11) is 1.62. The van der Waals surface area contributed by atoms with Crippen LogP contribution in [-0.2, 0) is 5.54 Å². The molecule has 0 spiro atoms. The van der Waals surface area contributed by atoms with Crippen LogP contribution in [0.15, 0.2) is 42.5 Å². The second-order valence-electron chi connectivity index (χ2n) is 5.43.